The van der Waals surface area contributed by atoms with Crippen LogP contribution in [0.4, 0.5) is 11.4 Å². The molecule has 19 heavy (non-hydrogen) atoms. The molecule has 0 aromatic heterocycles. The van der Waals surface area contributed by atoms with Gasteiger partial charge in [-0.15, -0.1) is 0 Å². The minimum Gasteiger partial charge on any atom is -0.477 e. The lowest BCUT2D eigenvalue weighted by Gasteiger charge is -2.14. The van der Waals surface area contributed by atoms with E-state index in [1.54, 1.807) is 0 Å². The third kappa shape index (κ3) is 3.92. The number of hydrogen-bond acceptors (Lipinski definition) is 5. The van der Waals surface area contributed by atoms with E-state index < -0.39 is 16.6 Å². The van der Waals surface area contributed by atoms with Crippen molar-refractivity contribution in [2.45, 2.75) is 20.0 Å². The predicted octanol–water partition coefficient (Wildman–Crippen LogP) is 2.13. The molecular weight excluding hydrogens is 252 g/mol. The molecule has 1 unspecified atom stereocenters. The second-order valence-electron chi connectivity index (χ2n) is 3.91. The highest BCUT2D eigenvalue weighted by Gasteiger charge is 2.24. The van der Waals surface area contributed by atoms with Crippen LogP contribution in [0.15, 0.2) is 18.2 Å². The summed E-state index contributed by atoms with van der Waals surface area (Å²) < 4.78 is 5.29. The van der Waals surface area contributed by atoms with Gasteiger partial charge < -0.3 is 15.2 Å². The number of anilines is 1. The quantitative estimate of drug-likeness (QED) is 0.580. The number of carboxylic acid groups (broad SMARTS) is 1. The SMILES string of the molecule is CCOC(C)CNc1cccc(C(=O)O)c1[N+](=O)[O-]. The lowest BCUT2D eigenvalue weighted by Crippen LogP contribution is -2.20. The molecule has 0 fully saturated rings. The predicted molar refractivity (Wildman–Crippen MR) is 69.6 cm³/mol. The summed E-state index contributed by atoms with van der Waals surface area (Å²) in [5, 5.41) is 22.8. The summed E-state index contributed by atoms with van der Waals surface area (Å²) in [5.41, 5.74) is -0.589. The van der Waals surface area contributed by atoms with E-state index in [-0.39, 0.29) is 17.4 Å². The second kappa shape index (κ2) is 6.69. The average molecular weight is 268 g/mol. The minimum atomic E-state index is -1.33. The maximum atomic E-state index is 11.0. The van der Waals surface area contributed by atoms with E-state index in [0.29, 0.717) is 13.2 Å². The number of nitro groups is 1. The van der Waals surface area contributed by atoms with Gasteiger partial charge in [-0.3, -0.25) is 10.1 Å². The van der Waals surface area contributed by atoms with Gasteiger partial charge in [0.1, 0.15) is 11.3 Å². The highest BCUT2D eigenvalue weighted by Crippen LogP contribution is 2.28. The van der Waals surface area contributed by atoms with E-state index in [1.807, 2.05) is 13.8 Å². The number of hydrogen-bond donors (Lipinski definition) is 2. The smallest absolute Gasteiger partial charge is 0.342 e. The zero-order chi connectivity index (χ0) is 14.4. The first-order valence-corrected chi connectivity index (χ1v) is 5.83. The Balaban J connectivity index is 2.97. The molecule has 1 aromatic carbocycles. The lowest BCUT2D eigenvalue weighted by atomic mass is 10.1. The molecule has 0 amide bonds. The average Bonchev–Trinajstić information content (AvgIpc) is 2.35. The molecule has 7 heteroatoms. The number of rotatable bonds is 7. The Morgan fingerprint density at radius 3 is 2.79 bits per heavy atom. The Morgan fingerprint density at radius 1 is 1.58 bits per heavy atom. The van der Waals surface area contributed by atoms with Crippen molar-refractivity contribution in [2.75, 3.05) is 18.5 Å². The normalized spacial score (nSPS) is 11.9. The third-order valence-corrected chi connectivity index (χ3v) is 2.48. The molecule has 0 heterocycles. The van der Waals surface area contributed by atoms with Crippen molar-refractivity contribution >= 4 is 17.3 Å². The maximum absolute atomic E-state index is 11.0. The Bertz CT molecular complexity index is 475. The van der Waals surface area contributed by atoms with Crippen LogP contribution in [0.5, 0.6) is 0 Å². The van der Waals surface area contributed by atoms with E-state index in [4.69, 9.17) is 9.84 Å². The molecule has 0 radical (unpaired) electrons. The highest BCUT2D eigenvalue weighted by molar-refractivity contribution is 5.95. The van der Waals surface area contributed by atoms with Gasteiger partial charge in [-0.05, 0) is 26.0 Å². The van der Waals surface area contributed by atoms with Crippen LogP contribution < -0.4 is 5.32 Å². The van der Waals surface area contributed by atoms with Crippen LogP contribution in [0.1, 0.15) is 24.2 Å². The summed E-state index contributed by atoms with van der Waals surface area (Å²) in [4.78, 5) is 21.3. The maximum Gasteiger partial charge on any atom is 0.342 e. The van der Waals surface area contributed by atoms with Crippen LogP contribution in [0.2, 0.25) is 0 Å². The third-order valence-electron chi connectivity index (χ3n) is 2.48. The van der Waals surface area contributed by atoms with Gasteiger partial charge in [0, 0.05) is 13.2 Å². The summed E-state index contributed by atoms with van der Waals surface area (Å²) in [7, 11) is 0. The molecule has 0 aliphatic carbocycles. The van der Waals surface area contributed by atoms with Crippen LogP contribution in [-0.4, -0.2) is 35.3 Å². The van der Waals surface area contributed by atoms with Crippen molar-refractivity contribution < 1.29 is 19.6 Å². The monoisotopic (exact) mass is 268 g/mol. The number of para-hydroxylation sites is 1. The van der Waals surface area contributed by atoms with Crippen molar-refractivity contribution in [3.8, 4) is 0 Å². The first-order chi connectivity index (χ1) is 8.97. The number of carbonyl (C=O) groups is 1. The van der Waals surface area contributed by atoms with Gasteiger partial charge >= 0.3 is 11.7 Å². The van der Waals surface area contributed by atoms with E-state index in [9.17, 15) is 14.9 Å². The number of nitrogens with zero attached hydrogens (tertiary/aromatic N) is 1. The van der Waals surface area contributed by atoms with Crippen LogP contribution in [0.3, 0.4) is 0 Å². The van der Waals surface area contributed by atoms with Gasteiger partial charge in [-0.1, -0.05) is 6.07 Å². The topological polar surface area (TPSA) is 102 Å². The summed E-state index contributed by atoms with van der Waals surface area (Å²) >= 11 is 0. The Hall–Kier alpha value is -2.15. The van der Waals surface area contributed by atoms with Gasteiger partial charge in [0.2, 0.25) is 0 Å². The molecule has 0 bridgehead atoms. The number of nitrogens with one attached hydrogen (secondary N) is 1. The fraction of sp³-hybridized carbons (Fsp3) is 0.417. The standard InChI is InChI=1S/C12H16N2O5/c1-3-19-8(2)7-13-10-6-4-5-9(12(15)16)11(10)14(17)18/h4-6,8,13H,3,7H2,1-2H3,(H,15,16). The molecule has 104 valence electrons. The van der Waals surface area contributed by atoms with Crippen molar-refractivity contribution in [3.63, 3.8) is 0 Å². The molecule has 0 aliphatic rings. The van der Waals surface area contributed by atoms with Crippen molar-refractivity contribution in [1.29, 1.82) is 0 Å². The number of ether oxygens (including phenoxy) is 1. The van der Waals surface area contributed by atoms with E-state index in [2.05, 4.69) is 5.32 Å². The second-order valence-corrected chi connectivity index (χ2v) is 3.91. The van der Waals surface area contributed by atoms with Crippen LogP contribution >= 0.6 is 0 Å². The molecule has 1 aromatic rings. The molecule has 0 saturated carbocycles. The van der Waals surface area contributed by atoms with Gasteiger partial charge in [0.15, 0.2) is 0 Å². The molecule has 0 spiro atoms. The first kappa shape index (κ1) is 14.9. The van der Waals surface area contributed by atoms with E-state index in [0.717, 1.165) is 0 Å². The molecular formula is C12H16N2O5. The zero-order valence-corrected chi connectivity index (χ0v) is 10.8. The van der Waals surface area contributed by atoms with Crippen LogP contribution in [-0.2, 0) is 4.74 Å². The molecule has 1 atom stereocenters. The van der Waals surface area contributed by atoms with Gasteiger partial charge in [-0.2, -0.15) is 0 Å². The number of benzene rings is 1. The van der Waals surface area contributed by atoms with Gasteiger partial charge in [-0.25, -0.2) is 4.79 Å². The van der Waals surface area contributed by atoms with E-state index in [1.165, 1.54) is 18.2 Å². The summed E-state index contributed by atoms with van der Waals surface area (Å²) in [6, 6.07) is 4.14. The van der Waals surface area contributed by atoms with Crippen molar-refractivity contribution in [2.24, 2.45) is 0 Å². The fourth-order valence-corrected chi connectivity index (χ4v) is 1.65. The summed E-state index contributed by atoms with van der Waals surface area (Å²) in [5.74, 6) is -1.33. The van der Waals surface area contributed by atoms with Gasteiger partial charge in [0.25, 0.3) is 0 Å². The number of nitro benzene ring substituents is 1. The lowest BCUT2D eigenvalue weighted by molar-refractivity contribution is -0.384. The summed E-state index contributed by atoms with van der Waals surface area (Å²) in [6.07, 6.45) is -0.127. The van der Waals surface area contributed by atoms with Gasteiger partial charge in [0.05, 0.1) is 11.0 Å². The molecule has 1 rings (SSSR count). The molecule has 0 saturated heterocycles. The first-order valence-electron chi connectivity index (χ1n) is 5.83. The largest absolute Gasteiger partial charge is 0.477 e. The highest BCUT2D eigenvalue weighted by atomic mass is 16.6. The van der Waals surface area contributed by atoms with E-state index >= 15 is 0 Å². The molecule has 0 aliphatic heterocycles. The zero-order valence-electron chi connectivity index (χ0n) is 10.8. The van der Waals surface area contributed by atoms with Crippen LogP contribution in [0, 0.1) is 10.1 Å². The Kier molecular flexibility index (Phi) is 5.25. The molecule has 2 N–H and O–H groups in total. The number of carboxylic acids is 1. The van der Waals surface area contributed by atoms with Crippen molar-refractivity contribution in [3.05, 3.63) is 33.9 Å². The number of aromatic carboxylic acids is 1. The molecule has 7 nitrogen and oxygen atoms in total. The Labute approximate surface area is 110 Å². The summed E-state index contributed by atoms with van der Waals surface area (Å²) in [6.45, 7) is 4.57. The minimum absolute atomic E-state index is 0.127. The van der Waals surface area contributed by atoms with Crippen LogP contribution in [0.25, 0.3) is 0 Å². The fourth-order valence-electron chi connectivity index (χ4n) is 1.65. The van der Waals surface area contributed by atoms with Crippen molar-refractivity contribution in [1.82, 2.24) is 0 Å². The Morgan fingerprint density at radius 2 is 2.26 bits per heavy atom.